The van der Waals surface area contributed by atoms with Crippen LogP contribution in [0.2, 0.25) is 0 Å². The summed E-state index contributed by atoms with van der Waals surface area (Å²) in [6.07, 6.45) is 3.86. The Morgan fingerprint density at radius 2 is 2.44 bits per heavy atom. The summed E-state index contributed by atoms with van der Waals surface area (Å²) in [5.41, 5.74) is 1.03. The van der Waals surface area contributed by atoms with Crippen LogP contribution in [0.4, 0.5) is 5.69 Å². The average Bonchev–Trinajstić information content (AvgIpc) is 2.28. The highest BCUT2D eigenvalue weighted by molar-refractivity contribution is 5.74. The van der Waals surface area contributed by atoms with Gasteiger partial charge < -0.3 is 10.0 Å². The average molecular weight is 219 g/mol. The number of rotatable bonds is 5. The first kappa shape index (κ1) is 12.0. The van der Waals surface area contributed by atoms with Gasteiger partial charge in [-0.15, -0.1) is 0 Å². The van der Waals surface area contributed by atoms with Gasteiger partial charge in [0.05, 0.1) is 17.4 Å². The summed E-state index contributed by atoms with van der Waals surface area (Å²) >= 11 is 0. The molecule has 1 aromatic rings. The van der Waals surface area contributed by atoms with Gasteiger partial charge in [0.15, 0.2) is 0 Å². The van der Waals surface area contributed by atoms with Crippen molar-refractivity contribution in [1.82, 2.24) is 4.98 Å². The second kappa shape index (κ2) is 5.71. The van der Waals surface area contributed by atoms with Gasteiger partial charge in [0.2, 0.25) is 0 Å². The fourth-order valence-electron chi connectivity index (χ4n) is 1.45. The minimum Gasteiger partial charge on any atom is -0.480 e. The van der Waals surface area contributed by atoms with E-state index in [4.69, 9.17) is 10.4 Å². The van der Waals surface area contributed by atoms with Crippen LogP contribution in [-0.2, 0) is 4.79 Å². The van der Waals surface area contributed by atoms with Crippen LogP contribution in [0.25, 0.3) is 0 Å². The van der Waals surface area contributed by atoms with E-state index < -0.39 is 5.97 Å². The number of aliphatic carboxylic acids is 1. The molecule has 0 saturated carbocycles. The number of pyridine rings is 1. The van der Waals surface area contributed by atoms with Gasteiger partial charge >= 0.3 is 5.97 Å². The topological polar surface area (TPSA) is 77.2 Å². The molecular weight excluding hydrogens is 206 g/mol. The molecule has 0 aliphatic carbocycles. The van der Waals surface area contributed by atoms with Gasteiger partial charge in [-0.05, 0) is 12.5 Å². The molecule has 0 aliphatic rings. The minimum absolute atomic E-state index is 0.117. The van der Waals surface area contributed by atoms with E-state index in [-0.39, 0.29) is 6.54 Å². The highest BCUT2D eigenvalue weighted by Gasteiger charge is 2.13. The Bertz CT molecular complexity index is 412. The van der Waals surface area contributed by atoms with Gasteiger partial charge in [-0.3, -0.25) is 9.78 Å². The molecule has 0 amide bonds. The molecule has 5 nitrogen and oxygen atoms in total. The number of hydrogen-bond acceptors (Lipinski definition) is 4. The lowest BCUT2D eigenvalue weighted by Crippen LogP contribution is -2.31. The monoisotopic (exact) mass is 219 g/mol. The van der Waals surface area contributed by atoms with Crippen LogP contribution in [0, 0.1) is 11.3 Å². The zero-order chi connectivity index (χ0) is 12.0. The number of aromatic nitrogens is 1. The van der Waals surface area contributed by atoms with Gasteiger partial charge in [-0.2, -0.15) is 5.26 Å². The number of carboxylic acid groups (broad SMARTS) is 1. The normalized spacial score (nSPS) is 9.50. The molecule has 0 saturated heterocycles. The fraction of sp³-hybridized carbons (Fsp3) is 0.364. The lowest BCUT2D eigenvalue weighted by atomic mass is 10.2. The highest BCUT2D eigenvalue weighted by Crippen LogP contribution is 2.18. The van der Waals surface area contributed by atoms with Crippen LogP contribution in [0.5, 0.6) is 0 Å². The van der Waals surface area contributed by atoms with Crippen LogP contribution in [-0.4, -0.2) is 29.1 Å². The lowest BCUT2D eigenvalue weighted by molar-refractivity contribution is -0.135. The molecule has 1 rings (SSSR count). The molecule has 0 radical (unpaired) electrons. The number of nitrogens with zero attached hydrogens (tertiary/aromatic N) is 3. The van der Waals surface area contributed by atoms with Crippen molar-refractivity contribution in [3.63, 3.8) is 0 Å². The number of nitriles is 1. The van der Waals surface area contributed by atoms with Gasteiger partial charge in [-0.25, -0.2) is 0 Å². The van der Waals surface area contributed by atoms with Crippen molar-refractivity contribution < 1.29 is 9.90 Å². The third-order valence-electron chi connectivity index (χ3n) is 2.08. The highest BCUT2D eigenvalue weighted by atomic mass is 16.4. The van der Waals surface area contributed by atoms with Crippen molar-refractivity contribution in [3.05, 3.63) is 24.0 Å². The molecule has 1 N–H and O–H groups in total. The summed E-state index contributed by atoms with van der Waals surface area (Å²) in [7, 11) is 0. The quantitative estimate of drug-likeness (QED) is 0.806. The van der Waals surface area contributed by atoms with Crippen LogP contribution in [0.15, 0.2) is 18.5 Å². The number of carboxylic acids is 1. The predicted octanol–water partition coefficient (Wildman–Crippen LogP) is 1.25. The Hall–Kier alpha value is -2.09. The van der Waals surface area contributed by atoms with E-state index in [1.165, 1.54) is 12.4 Å². The number of hydrogen-bond donors (Lipinski definition) is 1. The molecule has 0 aromatic carbocycles. The number of carbonyl (C=O) groups is 1. The fourth-order valence-corrected chi connectivity index (χ4v) is 1.45. The molecule has 5 heteroatoms. The molecular formula is C11H13N3O2. The summed E-state index contributed by atoms with van der Waals surface area (Å²) in [5, 5.41) is 17.7. The van der Waals surface area contributed by atoms with Crippen molar-refractivity contribution >= 4 is 11.7 Å². The summed E-state index contributed by atoms with van der Waals surface area (Å²) in [4.78, 5) is 16.3. The van der Waals surface area contributed by atoms with Crippen LogP contribution >= 0.6 is 0 Å². The lowest BCUT2D eigenvalue weighted by Gasteiger charge is -2.22. The molecule has 0 unspecified atom stereocenters. The first-order chi connectivity index (χ1) is 7.69. The van der Waals surface area contributed by atoms with Gasteiger partial charge in [0.25, 0.3) is 0 Å². The summed E-state index contributed by atoms with van der Waals surface area (Å²) in [6.45, 7) is 2.43. The smallest absolute Gasteiger partial charge is 0.323 e. The van der Waals surface area contributed by atoms with E-state index in [2.05, 4.69) is 4.98 Å². The second-order valence-corrected chi connectivity index (χ2v) is 3.32. The third-order valence-corrected chi connectivity index (χ3v) is 2.08. The van der Waals surface area contributed by atoms with Crippen molar-refractivity contribution in [3.8, 4) is 6.07 Å². The van der Waals surface area contributed by atoms with E-state index in [9.17, 15) is 4.79 Å². The second-order valence-electron chi connectivity index (χ2n) is 3.32. The summed E-state index contributed by atoms with van der Waals surface area (Å²) < 4.78 is 0. The minimum atomic E-state index is -0.916. The first-order valence-corrected chi connectivity index (χ1v) is 5.00. The molecule has 0 spiro atoms. The van der Waals surface area contributed by atoms with E-state index in [1.807, 2.05) is 13.0 Å². The first-order valence-electron chi connectivity index (χ1n) is 5.00. The van der Waals surface area contributed by atoms with Gasteiger partial charge in [-0.1, -0.05) is 6.92 Å². The molecule has 16 heavy (non-hydrogen) atoms. The SMILES string of the molecule is CCCN(CC(=O)O)c1cnccc1C#N. The maximum absolute atomic E-state index is 10.7. The van der Waals surface area contributed by atoms with E-state index >= 15 is 0 Å². The standard InChI is InChI=1S/C11H13N3O2/c1-2-5-14(8-11(15)16)10-7-13-4-3-9(10)6-12/h3-4,7H,2,5,8H2,1H3,(H,15,16). The molecule has 1 heterocycles. The van der Waals surface area contributed by atoms with Crippen molar-refractivity contribution in [2.75, 3.05) is 18.0 Å². The van der Waals surface area contributed by atoms with E-state index in [0.29, 0.717) is 17.8 Å². The Morgan fingerprint density at radius 1 is 1.69 bits per heavy atom. The molecule has 0 fully saturated rings. The summed E-state index contributed by atoms with van der Waals surface area (Å²) in [6, 6.07) is 3.62. The van der Waals surface area contributed by atoms with E-state index in [0.717, 1.165) is 6.42 Å². The van der Waals surface area contributed by atoms with Crippen LogP contribution in [0.3, 0.4) is 0 Å². The Labute approximate surface area is 93.9 Å². The zero-order valence-electron chi connectivity index (χ0n) is 9.05. The molecule has 0 atom stereocenters. The third kappa shape index (κ3) is 2.95. The number of anilines is 1. The summed E-state index contributed by atoms with van der Waals surface area (Å²) in [5.74, 6) is -0.916. The maximum Gasteiger partial charge on any atom is 0.323 e. The zero-order valence-corrected chi connectivity index (χ0v) is 9.05. The molecule has 0 bridgehead atoms. The van der Waals surface area contributed by atoms with Crippen molar-refractivity contribution in [1.29, 1.82) is 5.26 Å². The Balaban J connectivity index is 3.00. The van der Waals surface area contributed by atoms with E-state index in [1.54, 1.807) is 11.0 Å². The Morgan fingerprint density at radius 3 is 3.00 bits per heavy atom. The van der Waals surface area contributed by atoms with Crippen LogP contribution < -0.4 is 4.90 Å². The molecule has 0 aliphatic heterocycles. The van der Waals surface area contributed by atoms with Crippen molar-refractivity contribution in [2.45, 2.75) is 13.3 Å². The van der Waals surface area contributed by atoms with Crippen LogP contribution in [0.1, 0.15) is 18.9 Å². The largest absolute Gasteiger partial charge is 0.480 e. The van der Waals surface area contributed by atoms with Crippen molar-refractivity contribution in [2.24, 2.45) is 0 Å². The predicted molar refractivity (Wildman–Crippen MR) is 59.1 cm³/mol. The Kier molecular flexibility index (Phi) is 4.28. The molecule has 1 aromatic heterocycles. The van der Waals surface area contributed by atoms with Gasteiger partial charge in [0, 0.05) is 12.7 Å². The maximum atomic E-state index is 10.7. The van der Waals surface area contributed by atoms with Gasteiger partial charge in [0.1, 0.15) is 12.6 Å². The molecule has 84 valence electrons.